The third-order valence-corrected chi connectivity index (χ3v) is 5.46. The van der Waals surface area contributed by atoms with E-state index in [0.717, 1.165) is 18.8 Å². The van der Waals surface area contributed by atoms with Gasteiger partial charge in [-0.05, 0) is 46.8 Å². The number of thiophene rings is 1. The highest BCUT2D eigenvalue weighted by Gasteiger charge is 2.22. The van der Waals surface area contributed by atoms with Crippen molar-refractivity contribution < 1.29 is 0 Å². The molecule has 0 spiro atoms. The van der Waals surface area contributed by atoms with Crippen LogP contribution in [0.3, 0.4) is 0 Å². The second kappa shape index (κ2) is 5.77. The van der Waals surface area contributed by atoms with Gasteiger partial charge in [-0.25, -0.2) is 4.98 Å². The van der Waals surface area contributed by atoms with Crippen LogP contribution in [0.15, 0.2) is 22.2 Å². The molecule has 0 saturated carbocycles. The molecule has 2 aromatic heterocycles. The number of halogens is 1. The molecule has 102 valence electrons. The first-order valence-electron chi connectivity index (χ1n) is 6.71. The molecular weight excluding hydrogens is 322 g/mol. The van der Waals surface area contributed by atoms with Crippen LogP contribution in [0.4, 0.5) is 0 Å². The van der Waals surface area contributed by atoms with E-state index in [1.165, 1.54) is 28.6 Å². The van der Waals surface area contributed by atoms with Crippen LogP contribution in [0.25, 0.3) is 0 Å². The number of hydrogen-bond acceptors (Lipinski definition) is 3. The van der Waals surface area contributed by atoms with Crippen molar-refractivity contribution in [2.75, 3.05) is 6.54 Å². The molecule has 0 fully saturated rings. The van der Waals surface area contributed by atoms with Crippen molar-refractivity contribution in [3.05, 3.63) is 38.5 Å². The van der Waals surface area contributed by atoms with E-state index in [2.05, 4.69) is 43.9 Å². The summed E-state index contributed by atoms with van der Waals surface area (Å²) in [6, 6.07) is 2.81. The minimum atomic E-state index is 0.520. The topological polar surface area (TPSA) is 29.9 Å². The molecule has 1 aliphatic carbocycles. The van der Waals surface area contributed by atoms with E-state index >= 15 is 0 Å². The summed E-state index contributed by atoms with van der Waals surface area (Å²) in [6.07, 6.45) is 8.63. The van der Waals surface area contributed by atoms with Crippen LogP contribution >= 0.6 is 27.3 Å². The molecule has 0 radical (unpaired) electrons. The van der Waals surface area contributed by atoms with Gasteiger partial charge in [-0.3, -0.25) is 0 Å². The zero-order valence-electron chi connectivity index (χ0n) is 11.0. The number of nitrogens with one attached hydrogen (secondary N) is 1. The second-order valence-electron chi connectivity index (χ2n) is 5.03. The Hall–Kier alpha value is -0.650. The lowest BCUT2D eigenvalue weighted by Gasteiger charge is -2.23. The summed E-state index contributed by atoms with van der Waals surface area (Å²) in [5.74, 6) is 1.15. The Bertz CT molecular complexity index is 561. The molecular formula is C14H18BrN3S. The maximum atomic E-state index is 4.36. The third kappa shape index (κ3) is 2.93. The van der Waals surface area contributed by atoms with Crippen LogP contribution in [-0.2, 0) is 19.9 Å². The van der Waals surface area contributed by atoms with Gasteiger partial charge in [0.1, 0.15) is 5.82 Å². The van der Waals surface area contributed by atoms with E-state index in [4.69, 9.17) is 0 Å². The molecule has 0 saturated heterocycles. The van der Waals surface area contributed by atoms with Gasteiger partial charge in [-0.1, -0.05) is 0 Å². The van der Waals surface area contributed by atoms with Gasteiger partial charge >= 0.3 is 0 Å². The molecule has 1 unspecified atom stereocenters. The number of imidazole rings is 1. The predicted octanol–water partition coefficient (Wildman–Crippen LogP) is 3.45. The Morgan fingerprint density at radius 2 is 2.47 bits per heavy atom. The summed E-state index contributed by atoms with van der Waals surface area (Å²) in [7, 11) is 2.05. The molecule has 3 nitrogen and oxygen atoms in total. The first kappa shape index (κ1) is 13.3. The Morgan fingerprint density at radius 1 is 1.58 bits per heavy atom. The Morgan fingerprint density at radius 3 is 3.26 bits per heavy atom. The SMILES string of the molecule is Cn1ccnc1CCNC1CCCc2sc(Br)cc21. The molecule has 5 heteroatoms. The van der Waals surface area contributed by atoms with Gasteiger partial charge in [0, 0.05) is 43.3 Å². The molecule has 0 aliphatic heterocycles. The van der Waals surface area contributed by atoms with Crippen molar-refractivity contribution in [3.8, 4) is 0 Å². The lowest BCUT2D eigenvalue weighted by molar-refractivity contribution is 0.463. The summed E-state index contributed by atoms with van der Waals surface area (Å²) in [5.41, 5.74) is 1.50. The average Bonchev–Trinajstić information content (AvgIpc) is 2.95. The largest absolute Gasteiger partial charge is 0.338 e. The monoisotopic (exact) mass is 339 g/mol. The summed E-state index contributed by atoms with van der Waals surface area (Å²) in [5, 5.41) is 3.69. The lowest BCUT2D eigenvalue weighted by Crippen LogP contribution is -2.26. The second-order valence-corrected chi connectivity index (χ2v) is 7.55. The van der Waals surface area contributed by atoms with Crippen LogP contribution in [0.2, 0.25) is 0 Å². The van der Waals surface area contributed by atoms with Gasteiger partial charge in [-0.15, -0.1) is 11.3 Å². The molecule has 0 bridgehead atoms. The fourth-order valence-corrected chi connectivity index (χ4v) is 4.55. The number of rotatable bonds is 4. The van der Waals surface area contributed by atoms with Crippen LogP contribution in [-0.4, -0.2) is 16.1 Å². The quantitative estimate of drug-likeness (QED) is 0.924. The minimum absolute atomic E-state index is 0.520. The third-order valence-electron chi connectivity index (χ3n) is 3.74. The van der Waals surface area contributed by atoms with Crippen molar-refractivity contribution in [3.63, 3.8) is 0 Å². The van der Waals surface area contributed by atoms with Crippen LogP contribution in [0, 0.1) is 0 Å². The molecule has 1 aliphatic rings. The van der Waals surface area contributed by atoms with Crippen LogP contribution in [0.1, 0.15) is 35.1 Å². The van der Waals surface area contributed by atoms with Crippen molar-refractivity contribution in [1.29, 1.82) is 0 Å². The number of aryl methyl sites for hydroxylation is 2. The van der Waals surface area contributed by atoms with Crippen molar-refractivity contribution in [1.82, 2.24) is 14.9 Å². The number of fused-ring (bicyclic) bond motifs is 1. The van der Waals surface area contributed by atoms with E-state index in [-0.39, 0.29) is 0 Å². The molecule has 2 heterocycles. The molecule has 1 atom stereocenters. The zero-order chi connectivity index (χ0) is 13.2. The molecule has 0 aromatic carbocycles. The average molecular weight is 340 g/mol. The van der Waals surface area contributed by atoms with Gasteiger partial charge in [0.25, 0.3) is 0 Å². The van der Waals surface area contributed by atoms with E-state index in [9.17, 15) is 0 Å². The van der Waals surface area contributed by atoms with Gasteiger partial charge in [0.15, 0.2) is 0 Å². The van der Waals surface area contributed by atoms with Crippen molar-refractivity contribution >= 4 is 27.3 Å². The summed E-state index contributed by atoms with van der Waals surface area (Å²) in [4.78, 5) is 5.91. The Balaban J connectivity index is 1.60. The first-order chi connectivity index (χ1) is 9.24. The minimum Gasteiger partial charge on any atom is -0.338 e. The van der Waals surface area contributed by atoms with E-state index < -0.39 is 0 Å². The summed E-state index contributed by atoms with van der Waals surface area (Å²) >= 11 is 5.49. The maximum absolute atomic E-state index is 4.36. The molecule has 0 amide bonds. The number of nitrogens with zero attached hydrogens (tertiary/aromatic N) is 2. The highest BCUT2D eigenvalue weighted by molar-refractivity contribution is 9.11. The van der Waals surface area contributed by atoms with Gasteiger partial charge in [0.05, 0.1) is 3.79 Å². The van der Waals surface area contributed by atoms with Crippen molar-refractivity contribution in [2.24, 2.45) is 7.05 Å². The molecule has 19 heavy (non-hydrogen) atoms. The maximum Gasteiger partial charge on any atom is 0.109 e. The number of hydrogen-bond donors (Lipinski definition) is 1. The van der Waals surface area contributed by atoms with Gasteiger partial charge in [-0.2, -0.15) is 0 Å². The first-order valence-corrected chi connectivity index (χ1v) is 8.32. The van der Waals surface area contributed by atoms with Gasteiger partial charge in [0.2, 0.25) is 0 Å². The van der Waals surface area contributed by atoms with E-state index in [1.807, 2.05) is 23.7 Å². The molecule has 1 N–H and O–H groups in total. The zero-order valence-corrected chi connectivity index (χ0v) is 13.4. The standard InChI is InChI=1S/C14H18BrN3S/c1-18-8-7-17-14(18)5-6-16-11-3-2-4-12-10(11)9-13(15)19-12/h7-9,11,16H,2-6H2,1H3. The van der Waals surface area contributed by atoms with Crippen LogP contribution < -0.4 is 5.32 Å². The van der Waals surface area contributed by atoms with Gasteiger partial charge < -0.3 is 9.88 Å². The van der Waals surface area contributed by atoms with E-state index in [0.29, 0.717) is 6.04 Å². The molecule has 2 aromatic rings. The lowest BCUT2D eigenvalue weighted by atomic mass is 9.94. The Kier molecular flexibility index (Phi) is 4.05. The van der Waals surface area contributed by atoms with Crippen molar-refractivity contribution in [2.45, 2.75) is 31.7 Å². The fraction of sp³-hybridized carbons (Fsp3) is 0.500. The highest BCUT2D eigenvalue weighted by Crippen LogP contribution is 2.37. The summed E-state index contributed by atoms with van der Waals surface area (Å²) < 4.78 is 3.35. The van der Waals surface area contributed by atoms with E-state index in [1.54, 1.807) is 4.88 Å². The predicted molar refractivity (Wildman–Crippen MR) is 82.6 cm³/mol. The molecule has 3 rings (SSSR count). The van der Waals surface area contributed by atoms with Crippen LogP contribution in [0.5, 0.6) is 0 Å². The number of aromatic nitrogens is 2. The fourth-order valence-electron chi connectivity index (χ4n) is 2.73. The smallest absolute Gasteiger partial charge is 0.109 e. The summed E-state index contributed by atoms with van der Waals surface area (Å²) in [6.45, 7) is 0.989. The Labute approximate surface area is 126 Å². The normalized spacial score (nSPS) is 18.5. The highest BCUT2D eigenvalue weighted by atomic mass is 79.9.